The Hall–Kier alpha value is -1.88. The summed E-state index contributed by atoms with van der Waals surface area (Å²) < 4.78 is 39.1. The number of aromatic nitrogens is 1. The standard InChI is InChI=1S/C13H10F3NO/c14-10-7-12(16)11(15)6-9(10)13(18)5-8-1-3-17-4-2-8/h1-4,6-7,13,18H,5H2. The van der Waals surface area contributed by atoms with Gasteiger partial charge in [0.05, 0.1) is 6.10 Å². The topological polar surface area (TPSA) is 33.1 Å². The highest BCUT2D eigenvalue weighted by molar-refractivity contribution is 5.24. The Labute approximate surface area is 102 Å². The van der Waals surface area contributed by atoms with Gasteiger partial charge in [-0.25, -0.2) is 13.2 Å². The van der Waals surface area contributed by atoms with Crippen LogP contribution in [0, 0.1) is 17.5 Å². The van der Waals surface area contributed by atoms with Crippen molar-refractivity contribution in [2.75, 3.05) is 0 Å². The zero-order valence-electron chi connectivity index (χ0n) is 9.28. The first kappa shape index (κ1) is 12.6. The third-order valence-corrected chi connectivity index (χ3v) is 2.58. The predicted octanol–water partition coefficient (Wildman–Crippen LogP) is 2.78. The van der Waals surface area contributed by atoms with E-state index in [2.05, 4.69) is 4.98 Å². The van der Waals surface area contributed by atoms with Crippen LogP contribution < -0.4 is 0 Å². The second-order valence-electron chi connectivity index (χ2n) is 3.86. The number of rotatable bonds is 3. The number of aliphatic hydroxyl groups is 1. The molecule has 0 bridgehead atoms. The summed E-state index contributed by atoms with van der Waals surface area (Å²) in [6.07, 6.45) is 1.93. The Bertz CT molecular complexity index is 545. The lowest BCUT2D eigenvalue weighted by Crippen LogP contribution is -2.06. The summed E-state index contributed by atoms with van der Waals surface area (Å²) in [4.78, 5) is 3.80. The number of hydrogen-bond acceptors (Lipinski definition) is 2. The lowest BCUT2D eigenvalue weighted by Gasteiger charge is -2.12. The van der Waals surface area contributed by atoms with E-state index in [0.717, 1.165) is 5.56 Å². The van der Waals surface area contributed by atoms with Gasteiger partial charge in [-0.2, -0.15) is 0 Å². The average Bonchev–Trinajstić information content (AvgIpc) is 2.35. The Balaban J connectivity index is 2.24. The Morgan fingerprint density at radius 2 is 1.61 bits per heavy atom. The minimum Gasteiger partial charge on any atom is -0.388 e. The highest BCUT2D eigenvalue weighted by Crippen LogP contribution is 2.23. The van der Waals surface area contributed by atoms with Crippen LogP contribution in [0.2, 0.25) is 0 Å². The Morgan fingerprint density at radius 3 is 2.28 bits per heavy atom. The fourth-order valence-electron chi connectivity index (χ4n) is 1.65. The van der Waals surface area contributed by atoms with E-state index >= 15 is 0 Å². The van der Waals surface area contributed by atoms with Gasteiger partial charge < -0.3 is 5.11 Å². The molecule has 0 saturated heterocycles. The molecule has 0 amide bonds. The van der Waals surface area contributed by atoms with E-state index in [9.17, 15) is 18.3 Å². The molecule has 1 N–H and O–H groups in total. The molecule has 0 radical (unpaired) electrons. The molecule has 1 atom stereocenters. The van der Waals surface area contributed by atoms with Gasteiger partial charge in [-0.3, -0.25) is 4.98 Å². The summed E-state index contributed by atoms with van der Waals surface area (Å²) in [5, 5.41) is 9.82. The SMILES string of the molecule is OC(Cc1ccncc1)c1cc(F)c(F)cc1F. The normalized spacial score (nSPS) is 12.4. The number of halogens is 3. The number of benzene rings is 1. The molecular formula is C13H10F3NO. The molecule has 2 rings (SSSR count). The molecule has 1 heterocycles. The molecular weight excluding hydrogens is 243 g/mol. The van der Waals surface area contributed by atoms with Crippen LogP contribution in [0.3, 0.4) is 0 Å². The number of hydrogen-bond donors (Lipinski definition) is 1. The maximum Gasteiger partial charge on any atom is 0.161 e. The van der Waals surface area contributed by atoms with E-state index in [1.165, 1.54) is 12.4 Å². The van der Waals surface area contributed by atoms with Crippen molar-refractivity contribution in [2.45, 2.75) is 12.5 Å². The smallest absolute Gasteiger partial charge is 0.161 e. The summed E-state index contributed by atoms with van der Waals surface area (Å²) in [5.74, 6) is -3.41. The molecule has 2 aromatic rings. The van der Waals surface area contributed by atoms with Crippen LogP contribution in [0.15, 0.2) is 36.7 Å². The zero-order chi connectivity index (χ0) is 13.1. The van der Waals surface area contributed by atoms with Crippen molar-refractivity contribution >= 4 is 0 Å². The summed E-state index contributed by atoms with van der Waals surface area (Å²) in [6.45, 7) is 0. The van der Waals surface area contributed by atoms with Crippen LogP contribution in [-0.4, -0.2) is 10.1 Å². The van der Waals surface area contributed by atoms with E-state index < -0.39 is 23.6 Å². The number of nitrogens with zero attached hydrogens (tertiary/aromatic N) is 1. The largest absolute Gasteiger partial charge is 0.388 e. The monoisotopic (exact) mass is 253 g/mol. The molecule has 0 aliphatic heterocycles. The van der Waals surface area contributed by atoms with Gasteiger partial charge in [-0.1, -0.05) is 0 Å². The minimum atomic E-state index is -1.27. The van der Waals surface area contributed by atoms with Crippen LogP contribution in [-0.2, 0) is 6.42 Å². The maximum absolute atomic E-state index is 13.4. The van der Waals surface area contributed by atoms with E-state index in [1.54, 1.807) is 12.1 Å². The van der Waals surface area contributed by atoms with Crippen molar-refractivity contribution in [3.8, 4) is 0 Å². The maximum atomic E-state index is 13.4. The molecule has 2 nitrogen and oxygen atoms in total. The average molecular weight is 253 g/mol. The third kappa shape index (κ3) is 2.68. The number of aliphatic hydroxyl groups excluding tert-OH is 1. The number of pyridine rings is 1. The molecule has 0 aliphatic rings. The predicted molar refractivity (Wildman–Crippen MR) is 59.2 cm³/mol. The van der Waals surface area contributed by atoms with Gasteiger partial charge in [-0.15, -0.1) is 0 Å². The highest BCUT2D eigenvalue weighted by Gasteiger charge is 2.17. The van der Waals surface area contributed by atoms with E-state index in [1.807, 2.05) is 0 Å². The quantitative estimate of drug-likeness (QED) is 0.853. The Morgan fingerprint density at radius 1 is 1.00 bits per heavy atom. The molecule has 0 fully saturated rings. The van der Waals surface area contributed by atoms with Crippen LogP contribution in [0.1, 0.15) is 17.2 Å². The second kappa shape index (κ2) is 5.18. The van der Waals surface area contributed by atoms with Crippen LogP contribution in [0.5, 0.6) is 0 Å². The van der Waals surface area contributed by atoms with Gasteiger partial charge in [0.2, 0.25) is 0 Å². The molecule has 1 aromatic heterocycles. The van der Waals surface area contributed by atoms with Crippen molar-refractivity contribution < 1.29 is 18.3 Å². The molecule has 18 heavy (non-hydrogen) atoms. The first-order valence-electron chi connectivity index (χ1n) is 5.29. The first-order chi connectivity index (χ1) is 8.58. The van der Waals surface area contributed by atoms with Gasteiger partial charge in [0.15, 0.2) is 11.6 Å². The van der Waals surface area contributed by atoms with Crippen LogP contribution >= 0.6 is 0 Å². The van der Waals surface area contributed by atoms with Gasteiger partial charge in [0.1, 0.15) is 5.82 Å². The van der Waals surface area contributed by atoms with Crippen molar-refractivity contribution in [3.05, 3.63) is 65.2 Å². The molecule has 1 unspecified atom stereocenters. The third-order valence-electron chi connectivity index (χ3n) is 2.58. The van der Waals surface area contributed by atoms with Crippen molar-refractivity contribution in [2.24, 2.45) is 0 Å². The summed E-state index contributed by atoms with van der Waals surface area (Å²) in [6, 6.07) is 4.42. The molecule has 5 heteroatoms. The summed E-state index contributed by atoms with van der Waals surface area (Å²) in [5.41, 5.74) is 0.465. The molecule has 0 spiro atoms. The van der Waals surface area contributed by atoms with Crippen LogP contribution in [0.25, 0.3) is 0 Å². The molecule has 0 saturated carbocycles. The van der Waals surface area contributed by atoms with Crippen LogP contribution in [0.4, 0.5) is 13.2 Å². The van der Waals surface area contributed by atoms with Crippen molar-refractivity contribution in [1.29, 1.82) is 0 Å². The molecule has 0 aliphatic carbocycles. The van der Waals surface area contributed by atoms with E-state index in [4.69, 9.17) is 0 Å². The van der Waals surface area contributed by atoms with Gasteiger partial charge >= 0.3 is 0 Å². The lowest BCUT2D eigenvalue weighted by atomic mass is 10.0. The molecule has 1 aromatic carbocycles. The minimum absolute atomic E-state index is 0.102. The van der Waals surface area contributed by atoms with E-state index in [0.29, 0.717) is 12.1 Å². The highest BCUT2D eigenvalue weighted by atomic mass is 19.2. The van der Waals surface area contributed by atoms with Gasteiger partial charge in [0, 0.05) is 30.4 Å². The second-order valence-corrected chi connectivity index (χ2v) is 3.86. The van der Waals surface area contributed by atoms with Gasteiger partial charge in [0.25, 0.3) is 0 Å². The first-order valence-corrected chi connectivity index (χ1v) is 5.29. The lowest BCUT2D eigenvalue weighted by molar-refractivity contribution is 0.172. The van der Waals surface area contributed by atoms with Gasteiger partial charge in [-0.05, 0) is 23.8 Å². The fourth-order valence-corrected chi connectivity index (χ4v) is 1.65. The summed E-state index contributed by atoms with van der Waals surface area (Å²) in [7, 11) is 0. The van der Waals surface area contributed by atoms with E-state index in [-0.39, 0.29) is 12.0 Å². The fraction of sp³-hybridized carbons (Fsp3) is 0.154. The summed E-state index contributed by atoms with van der Waals surface area (Å²) >= 11 is 0. The Kier molecular flexibility index (Phi) is 3.62. The zero-order valence-corrected chi connectivity index (χ0v) is 9.28. The molecule has 94 valence electrons. The van der Waals surface area contributed by atoms with Crippen molar-refractivity contribution in [3.63, 3.8) is 0 Å². The van der Waals surface area contributed by atoms with Crippen molar-refractivity contribution in [1.82, 2.24) is 4.98 Å².